The normalized spacial score (nSPS) is 16.0. The second-order valence-corrected chi connectivity index (χ2v) is 7.89. The molecule has 134 valence electrons. The van der Waals surface area contributed by atoms with Crippen molar-refractivity contribution in [3.8, 4) is 11.4 Å². The molecule has 1 aromatic carbocycles. The minimum atomic E-state index is 0.106. The summed E-state index contributed by atoms with van der Waals surface area (Å²) in [7, 11) is 0. The van der Waals surface area contributed by atoms with Crippen LogP contribution in [0.15, 0.2) is 28.8 Å². The van der Waals surface area contributed by atoms with E-state index in [-0.39, 0.29) is 17.2 Å². The van der Waals surface area contributed by atoms with Crippen LogP contribution in [0.4, 0.5) is 0 Å². The third-order valence-corrected chi connectivity index (χ3v) is 4.87. The number of hydrogen-bond acceptors (Lipinski definition) is 4. The van der Waals surface area contributed by atoms with Crippen molar-refractivity contribution in [2.45, 2.75) is 64.8 Å². The molecule has 0 radical (unpaired) electrons. The standard InChI is InChI=1S/C20H27N3O2/c1-20(2,3)16-11-9-14(10-12-16)18-22-17(25-23-18)13-21-19(24)15-7-5-4-6-8-15/h9-12,15H,4-8,13H2,1-3H3,(H,21,24). The van der Waals surface area contributed by atoms with Crippen LogP contribution in [0.5, 0.6) is 0 Å². The molecule has 1 aliphatic carbocycles. The van der Waals surface area contributed by atoms with Gasteiger partial charge < -0.3 is 9.84 Å². The molecule has 1 fully saturated rings. The summed E-state index contributed by atoms with van der Waals surface area (Å²) in [6.07, 6.45) is 5.51. The highest BCUT2D eigenvalue weighted by molar-refractivity contribution is 5.78. The average Bonchev–Trinajstić information content (AvgIpc) is 3.09. The number of aromatic nitrogens is 2. The van der Waals surface area contributed by atoms with Crippen LogP contribution in [0, 0.1) is 5.92 Å². The lowest BCUT2D eigenvalue weighted by Crippen LogP contribution is -2.31. The molecule has 25 heavy (non-hydrogen) atoms. The second kappa shape index (κ2) is 7.38. The molecule has 1 aliphatic rings. The molecule has 5 heteroatoms. The lowest BCUT2D eigenvalue weighted by molar-refractivity contribution is -0.126. The largest absolute Gasteiger partial charge is 0.347 e. The van der Waals surface area contributed by atoms with E-state index in [0.29, 0.717) is 18.3 Å². The highest BCUT2D eigenvalue weighted by Crippen LogP contribution is 2.25. The minimum Gasteiger partial charge on any atom is -0.347 e. The van der Waals surface area contributed by atoms with Gasteiger partial charge >= 0.3 is 0 Å². The van der Waals surface area contributed by atoms with Crippen molar-refractivity contribution in [2.75, 3.05) is 0 Å². The maximum atomic E-state index is 12.2. The van der Waals surface area contributed by atoms with Crippen LogP contribution in [0.2, 0.25) is 0 Å². The first kappa shape index (κ1) is 17.6. The Morgan fingerprint density at radius 2 is 1.84 bits per heavy atom. The summed E-state index contributed by atoms with van der Waals surface area (Å²) >= 11 is 0. The van der Waals surface area contributed by atoms with E-state index in [2.05, 4.69) is 48.4 Å². The molecule has 5 nitrogen and oxygen atoms in total. The smallest absolute Gasteiger partial charge is 0.246 e. The molecule has 2 aromatic rings. The quantitative estimate of drug-likeness (QED) is 0.903. The van der Waals surface area contributed by atoms with E-state index in [1.807, 2.05) is 12.1 Å². The number of carbonyl (C=O) groups excluding carboxylic acids is 1. The second-order valence-electron chi connectivity index (χ2n) is 7.89. The van der Waals surface area contributed by atoms with Gasteiger partial charge in [0, 0.05) is 11.5 Å². The van der Waals surface area contributed by atoms with Crippen LogP contribution in [0.3, 0.4) is 0 Å². The van der Waals surface area contributed by atoms with Crippen LogP contribution >= 0.6 is 0 Å². The number of rotatable bonds is 4. The first-order valence-electron chi connectivity index (χ1n) is 9.15. The molecule has 0 aliphatic heterocycles. The monoisotopic (exact) mass is 341 g/mol. The Kier molecular flexibility index (Phi) is 5.21. The van der Waals surface area contributed by atoms with E-state index in [0.717, 1.165) is 31.2 Å². The molecule has 0 saturated heterocycles. The van der Waals surface area contributed by atoms with E-state index in [9.17, 15) is 4.79 Å². The minimum absolute atomic E-state index is 0.106. The van der Waals surface area contributed by atoms with Crippen LogP contribution < -0.4 is 5.32 Å². The van der Waals surface area contributed by atoms with Gasteiger partial charge in [0.05, 0.1) is 6.54 Å². The first-order chi connectivity index (χ1) is 11.9. The molecular formula is C20H27N3O2. The van der Waals surface area contributed by atoms with E-state index in [1.54, 1.807) is 0 Å². The lowest BCUT2D eigenvalue weighted by Gasteiger charge is -2.20. The Morgan fingerprint density at radius 3 is 2.48 bits per heavy atom. The SMILES string of the molecule is CC(C)(C)c1ccc(-c2noc(CNC(=O)C3CCCCC3)n2)cc1. The third-order valence-electron chi connectivity index (χ3n) is 4.87. The summed E-state index contributed by atoms with van der Waals surface area (Å²) in [6, 6.07) is 8.21. The number of nitrogens with one attached hydrogen (secondary N) is 1. The number of amides is 1. The molecule has 1 heterocycles. The zero-order valence-electron chi connectivity index (χ0n) is 15.3. The fourth-order valence-corrected chi connectivity index (χ4v) is 3.24. The Hall–Kier alpha value is -2.17. The van der Waals surface area contributed by atoms with Crippen LogP contribution in [0.25, 0.3) is 11.4 Å². The predicted molar refractivity (Wildman–Crippen MR) is 96.9 cm³/mol. The van der Waals surface area contributed by atoms with Crippen molar-refractivity contribution in [1.29, 1.82) is 0 Å². The molecule has 0 unspecified atom stereocenters. The van der Waals surface area contributed by atoms with Crippen molar-refractivity contribution in [1.82, 2.24) is 15.5 Å². The first-order valence-corrected chi connectivity index (χ1v) is 9.15. The third kappa shape index (κ3) is 4.47. The maximum absolute atomic E-state index is 12.2. The molecule has 1 aromatic heterocycles. The zero-order chi connectivity index (χ0) is 17.9. The van der Waals surface area contributed by atoms with Gasteiger partial charge in [-0.15, -0.1) is 0 Å². The van der Waals surface area contributed by atoms with Crippen molar-refractivity contribution >= 4 is 5.91 Å². The summed E-state index contributed by atoms with van der Waals surface area (Å²) in [6.45, 7) is 6.85. The van der Waals surface area contributed by atoms with Crippen molar-refractivity contribution in [2.24, 2.45) is 5.92 Å². The van der Waals surface area contributed by atoms with Gasteiger partial charge in [-0.05, 0) is 23.8 Å². The number of benzene rings is 1. The fourth-order valence-electron chi connectivity index (χ4n) is 3.24. The van der Waals surface area contributed by atoms with Gasteiger partial charge in [0.25, 0.3) is 0 Å². The number of carbonyl (C=O) groups is 1. The molecule has 0 atom stereocenters. The lowest BCUT2D eigenvalue weighted by atomic mass is 9.87. The Balaban J connectivity index is 1.59. The fraction of sp³-hybridized carbons (Fsp3) is 0.550. The number of hydrogen-bond donors (Lipinski definition) is 1. The van der Waals surface area contributed by atoms with Gasteiger partial charge in [0.1, 0.15) is 0 Å². The van der Waals surface area contributed by atoms with E-state index < -0.39 is 0 Å². The topological polar surface area (TPSA) is 68.0 Å². The summed E-state index contributed by atoms with van der Waals surface area (Å²) in [4.78, 5) is 16.6. The Morgan fingerprint density at radius 1 is 1.16 bits per heavy atom. The van der Waals surface area contributed by atoms with E-state index in [1.165, 1.54) is 12.0 Å². The maximum Gasteiger partial charge on any atom is 0.246 e. The van der Waals surface area contributed by atoms with Crippen molar-refractivity contribution in [3.63, 3.8) is 0 Å². The van der Waals surface area contributed by atoms with Crippen LogP contribution in [-0.2, 0) is 16.8 Å². The van der Waals surface area contributed by atoms with Gasteiger partial charge in [-0.2, -0.15) is 4.98 Å². The molecule has 1 N–H and O–H groups in total. The van der Waals surface area contributed by atoms with Crippen molar-refractivity contribution in [3.05, 3.63) is 35.7 Å². The van der Waals surface area contributed by atoms with Crippen LogP contribution in [0.1, 0.15) is 64.3 Å². The van der Waals surface area contributed by atoms with Gasteiger partial charge in [-0.1, -0.05) is 69.5 Å². The number of nitrogens with zero attached hydrogens (tertiary/aromatic N) is 2. The van der Waals surface area contributed by atoms with Gasteiger partial charge in [0.15, 0.2) is 0 Å². The highest BCUT2D eigenvalue weighted by atomic mass is 16.5. The zero-order valence-corrected chi connectivity index (χ0v) is 15.3. The van der Waals surface area contributed by atoms with E-state index in [4.69, 9.17) is 4.52 Å². The summed E-state index contributed by atoms with van der Waals surface area (Å²) in [5, 5.41) is 6.96. The highest BCUT2D eigenvalue weighted by Gasteiger charge is 2.21. The van der Waals surface area contributed by atoms with Crippen LogP contribution in [-0.4, -0.2) is 16.0 Å². The molecule has 1 saturated carbocycles. The summed E-state index contributed by atoms with van der Waals surface area (Å²) in [5.74, 6) is 1.25. The predicted octanol–water partition coefficient (Wildman–Crippen LogP) is 4.23. The Bertz CT molecular complexity index is 707. The summed E-state index contributed by atoms with van der Waals surface area (Å²) < 4.78 is 5.28. The molecule has 3 rings (SSSR count). The summed E-state index contributed by atoms with van der Waals surface area (Å²) in [5.41, 5.74) is 2.30. The van der Waals surface area contributed by atoms with Crippen molar-refractivity contribution < 1.29 is 9.32 Å². The van der Waals surface area contributed by atoms with Gasteiger partial charge in [-0.25, -0.2) is 0 Å². The molecule has 1 amide bonds. The molecule has 0 bridgehead atoms. The Labute approximate surface area is 149 Å². The molecule has 0 spiro atoms. The average molecular weight is 341 g/mol. The molecular weight excluding hydrogens is 314 g/mol. The van der Waals surface area contributed by atoms with Gasteiger partial charge in [-0.3, -0.25) is 4.79 Å². The van der Waals surface area contributed by atoms with E-state index >= 15 is 0 Å². The van der Waals surface area contributed by atoms with Gasteiger partial charge in [0.2, 0.25) is 17.6 Å².